The Kier molecular flexibility index (Phi) is 4.11. The maximum Gasteiger partial charge on any atom is 0.254 e. The summed E-state index contributed by atoms with van der Waals surface area (Å²) in [6.45, 7) is 6.10. The van der Waals surface area contributed by atoms with Crippen LogP contribution in [0, 0.1) is 12.7 Å². The average Bonchev–Trinajstić information content (AvgIpc) is 2.38. The molecule has 5 heteroatoms. The van der Waals surface area contributed by atoms with Crippen molar-refractivity contribution in [3.05, 3.63) is 35.1 Å². The fraction of sp³-hybridized carbons (Fsp3) is 0.533. The average molecular weight is 281 g/mol. The van der Waals surface area contributed by atoms with Gasteiger partial charge in [-0.25, -0.2) is 4.39 Å². The molecular weight excluding hydrogens is 261 g/mol. The Balaban J connectivity index is 2.25. The van der Waals surface area contributed by atoms with E-state index in [0.717, 1.165) is 5.56 Å². The fourth-order valence-corrected chi connectivity index (χ4v) is 2.54. The van der Waals surface area contributed by atoms with Crippen molar-refractivity contribution in [2.75, 3.05) is 19.7 Å². The van der Waals surface area contributed by atoms with Gasteiger partial charge in [0, 0.05) is 18.7 Å². The van der Waals surface area contributed by atoms with Gasteiger partial charge in [0.2, 0.25) is 0 Å². The van der Waals surface area contributed by atoms with Crippen molar-refractivity contribution in [2.24, 2.45) is 0 Å². The molecule has 1 unspecified atom stereocenters. The molecule has 20 heavy (non-hydrogen) atoms. The van der Waals surface area contributed by atoms with Crippen LogP contribution < -0.4 is 0 Å². The number of hydrogen-bond donors (Lipinski definition) is 1. The lowest BCUT2D eigenvalue weighted by atomic mass is 10.0. The van der Waals surface area contributed by atoms with Gasteiger partial charge in [-0.1, -0.05) is 6.07 Å². The normalized spacial score (nSPS) is 21.9. The van der Waals surface area contributed by atoms with Crippen molar-refractivity contribution < 1.29 is 19.0 Å². The van der Waals surface area contributed by atoms with Gasteiger partial charge in [0.1, 0.15) is 5.82 Å². The number of nitrogens with zero attached hydrogens (tertiary/aromatic N) is 1. The van der Waals surface area contributed by atoms with Gasteiger partial charge in [0.05, 0.1) is 18.3 Å². The molecule has 1 aliphatic rings. The van der Waals surface area contributed by atoms with E-state index in [1.165, 1.54) is 12.1 Å². The molecule has 1 aromatic carbocycles. The number of ether oxygens (including phenoxy) is 1. The third kappa shape index (κ3) is 3.16. The lowest BCUT2D eigenvalue weighted by molar-refractivity contribution is -0.139. The molecule has 0 radical (unpaired) electrons. The lowest BCUT2D eigenvalue weighted by Crippen LogP contribution is -2.55. The lowest BCUT2D eigenvalue weighted by Gasteiger charge is -2.42. The molecule has 1 aliphatic heterocycles. The van der Waals surface area contributed by atoms with Crippen molar-refractivity contribution in [1.29, 1.82) is 0 Å². The number of aliphatic hydroxyl groups excluding tert-OH is 1. The molecule has 1 atom stereocenters. The largest absolute Gasteiger partial charge is 0.394 e. The Bertz CT molecular complexity index is 516. The van der Waals surface area contributed by atoms with Gasteiger partial charge in [-0.15, -0.1) is 0 Å². The van der Waals surface area contributed by atoms with Crippen molar-refractivity contribution in [2.45, 2.75) is 32.5 Å². The first kappa shape index (κ1) is 14.9. The minimum Gasteiger partial charge on any atom is -0.394 e. The number of aliphatic hydroxyl groups is 1. The third-order valence-corrected chi connectivity index (χ3v) is 3.40. The Morgan fingerprint density at radius 2 is 2.25 bits per heavy atom. The summed E-state index contributed by atoms with van der Waals surface area (Å²) in [6.07, 6.45) is -0.406. The van der Waals surface area contributed by atoms with E-state index < -0.39 is 17.5 Å². The zero-order valence-corrected chi connectivity index (χ0v) is 12.0. The van der Waals surface area contributed by atoms with Gasteiger partial charge < -0.3 is 14.7 Å². The first-order chi connectivity index (χ1) is 9.32. The fourth-order valence-electron chi connectivity index (χ4n) is 2.54. The SMILES string of the molecule is Cc1ccc(F)cc1C(=O)N1CC(CO)OC(C)(C)C1. The van der Waals surface area contributed by atoms with Gasteiger partial charge in [-0.05, 0) is 38.5 Å². The van der Waals surface area contributed by atoms with E-state index in [4.69, 9.17) is 4.74 Å². The van der Waals surface area contributed by atoms with Gasteiger partial charge in [-0.3, -0.25) is 4.79 Å². The predicted molar refractivity (Wildman–Crippen MR) is 73.1 cm³/mol. The maximum absolute atomic E-state index is 13.3. The molecule has 0 bridgehead atoms. The molecule has 0 spiro atoms. The van der Waals surface area contributed by atoms with Crippen LogP contribution in [0.5, 0.6) is 0 Å². The third-order valence-electron chi connectivity index (χ3n) is 3.40. The van der Waals surface area contributed by atoms with Crippen molar-refractivity contribution in [3.63, 3.8) is 0 Å². The van der Waals surface area contributed by atoms with Crippen LogP contribution in [0.3, 0.4) is 0 Å². The van der Waals surface area contributed by atoms with Crippen molar-refractivity contribution in [3.8, 4) is 0 Å². The zero-order valence-electron chi connectivity index (χ0n) is 12.0. The topological polar surface area (TPSA) is 49.8 Å². The first-order valence-electron chi connectivity index (χ1n) is 6.66. The number of carbonyl (C=O) groups excluding carboxylic acids is 1. The monoisotopic (exact) mass is 281 g/mol. The summed E-state index contributed by atoms with van der Waals surface area (Å²) in [4.78, 5) is 14.2. The molecule has 1 heterocycles. The molecule has 1 aromatic rings. The Labute approximate surface area is 118 Å². The summed E-state index contributed by atoms with van der Waals surface area (Å²) in [5.41, 5.74) is 0.573. The van der Waals surface area contributed by atoms with E-state index in [2.05, 4.69) is 0 Å². The number of hydrogen-bond acceptors (Lipinski definition) is 3. The molecule has 1 amide bonds. The number of aryl methyl sites for hydroxylation is 1. The van der Waals surface area contributed by atoms with Crippen LogP contribution in [0.1, 0.15) is 29.8 Å². The summed E-state index contributed by atoms with van der Waals surface area (Å²) in [5, 5.41) is 9.27. The minimum absolute atomic E-state index is 0.144. The molecule has 0 aromatic heterocycles. The molecule has 0 saturated carbocycles. The standard InChI is InChI=1S/C15H20FNO3/c1-10-4-5-11(16)6-13(10)14(19)17-7-12(8-18)20-15(2,3)9-17/h4-6,12,18H,7-9H2,1-3H3. The Morgan fingerprint density at radius 3 is 2.90 bits per heavy atom. The summed E-state index contributed by atoms with van der Waals surface area (Å²) >= 11 is 0. The highest BCUT2D eigenvalue weighted by Gasteiger charge is 2.35. The molecular formula is C15H20FNO3. The van der Waals surface area contributed by atoms with Crippen LogP contribution in [0.2, 0.25) is 0 Å². The van der Waals surface area contributed by atoms with Crippen LogP contribution in [0.15, 0.2) is 18.2 Å². The quantitative estimate of drug-likeness (QED) is 0.898. The molecule has 0 aliphatic carbocycles. The van der Waals surface area contributed by atoms with Gasteiger partial charge in [-0.2, -0.15) is 0 Å². The smallest absolute Gasteiger partial charge is 0.254 e. The van der Waals surface area contributed by atoms with Crippen LogP contribution in [0.25, 0.3) is 0 Å². The number of benzene rings is 1. The molecule has 110 valence electrons. The van der Waals surface area contributed by atoms with Crippen molar-refractivity contribution in [1.82, 2.24) is 4.90 Å². The van der Waals surface area contributed by atoms with Crippen LogP contribution in [-0.4, -0.2) is 47.3 Å². The highest BCUT2D eigenvalue weighted by molar-refractivity contribution is 5.95. The van der Waals surface area contributed by atoms with Gasteiger partial charge in [0.25, 0.3) is 5.91 Å². The van der Waals surface area contributed by atoms with Crippen LogP contribution in [-0.2, 0) is 4.74 Å². The summed E-state index contributed by atoms with van der Waals surface area (Å²) in [5.74, 6) is -0.651. The van der Waals surface area contributed by atoms with E-state index in [1.54, 1.807) is 17.9 Å². The maximum atomic E-state index is 13.3. The molecule has 1 fully saturated rings. The van der Waals surface area contributed by atoms with E-state index >= 15 is 0 Å². The van der Waals surface area contributed by atoms with E-state index in [0.29, 0.717) is 18.7 Å². The number of carbonyl (C=O) groups is 1. The van der Waals surface area contributed by atoms with Gasteiger partial charge >= 0.3 is 0 Å². The van der Waals surface area contributed by atoms with Crippen molar-refractivity contribution >= 4 is 5.91 Å². The number of morpholine rings is 1. The molecule has 4 nitrogen and oxygen atoms in total. The number of halogens is 1. The van der Waals surface area contributed by atoms with Crippen LogP contribution >= 0.6 is 0 Å². The second-order valence-corrected chi connectivity index (χ2v) is 5.83. The van der Waals surface area contributed by atoms with E-state index in [-0.39, 0.29) is 12.5 Å². The summed E-state index contributed by atoms with van der Waals surface area (Å²) in [7, 11) is 0. The first-order valence-corrected chi connectivity index (χ1v) is 6.66. The Morgan fingerprint density at radius 1 is 1.55 bits per heavy atom. The highest BCUT2D eigenvalue weighted by atomic mass is 19.1. The zero-order chi connectivity index (χ0) is 14.9. The van der Waals surface area contributed by atoms with E-state index in [9.17, 15) is 14.3 Å². The molecule has 1 N–H and O–H groups in total. The van der Waals surface area contributed by atoms with E-state index in [1.807, 2.05) is 13.8 Å². The Hall–Kier alpha value is -1.46. The second-order valence-electron chi connectivity index (χ2n) is 5.83. The number of rotatable bonds is 2. The minimum atomic E-state index is -0.525. The summed E-state index contributed by atoms with van der Waals surface area (Å²) in [6, 6.07) is 4.19. The van der Waals surface area contributed by atoms with Gasteiger partial charge in [0.15, 0.2) is 0 Å². The molecule has 1 saturated heterocycles. The second kappa shape index (κ2) is 5.50. The summed E-state index contributed by atoms with van der Waals surface area (Å²) < 4.78 is 19.0. The number of amides is 1. The van der Waals surface area contributed by atoms with Crippen LogP contribution in [0.4, 0.5) is 4.39 Å². The molecule has 2 rings (SSSR count). The highest BCUT2D eigenvalue weighted by Crippen LogP contribution is 2.23. The predicted octanol–water partition coefficient (Wildman–Crippen LogP) is 1.75.